The Morgan fingerprint density at radius 1 is 1.25 bits per heavy atom. The Kier molecular flexibility index (Phi) is 11.3. The molecule has 0 fully saturated rings. The Bertz CT molecular complexity index is 1180. The van der Waals surface area contributed by atoms with Crippen LogP contribution in [0.5, 0.6) is 5.75 Å². The number of hydrogen-bond donors (Lipinski definition) is 2. The lowest BCUT2D eigenvalue weighted by Crippen LogP contribution is -2.22. The second kappa shape index (κ2) is 14.1. The highest BCUT2D eigenvalue weighted by Crippen LogP contribution is 2.37. The van der Waals surface area contributed by atoms with Gasteiger partial charge in [0.15, 0.2) is 0 Å². The summed E-state index contributed by atoms with van der Waals surface area (Å²) in [7, 11) is 0. The van der Waals surface area contributed by atoms with Crippen molar-refractivity contribution in [1.29, 1.82) is 5.26 Å². The van der Waals surface area contributed by atoms with Gasteiger partial charge < -0.3 is 19.7 Å². The van der Waals surface area contributed by atoms with Gasteiger partial charge in [-0.15, -0.1) is 0 Å². The van der Waals surface area contributed by atoms with Crippen molar-refractivity contribution in [2.75, 3.05) is 13.2 Å². The molecule has 0 amide bonds. The van der Waals surface area contributed by atoms with Gasteiger partial charge in [0.25, 0.3) is 5.89 Å². The van der Waals surface area contributed by atoms with Crippen LogP contribution < -0.4 is 10.1 Å². The molecule has 4 rings (SSSR count). The molecule has 36 heavy (non-hydrogen) atoms. The first-order valence-corrected chi connectivity index (χ1v) is 12.6. The molecule has 0 radical (unpaired) electrons. The zero-order valence-electron chi connectivity index (χ0n) is 22.0. The number of carbonyl (C=O) groups is 1. The third-order valence-corrected chi connectivity index (χ3v) is 5.47. The molecule has 0 bridgehead atoms. The molecule has 0 spiro atoms. The second-order valence-electron chi connectivity index (χ2n) is 7.96. The van der Waals surface area contributed by atoms with E-state index in [1.54, 1.807) is 32.0 Å². The number of aliphatic hydroxyl groups is 1. The van der Waals surface area contributed by atoms with Crippen LogP contribution in [0.4, 0.5) is 0 Å². The molecule has 8 heteroatoms. The fourth-order valence-corrected chi connectivity index (χ4v) is 3.83. The molecular formula is C28H36N4O4. The first-order chi connectivity index (χ1) is 17.5. The van der Waals surface area contributed by atoms with E-state index < -0.39 is 5.97 Å². The number of rotatable bonds is 7. The average molecular weight is 493 g/mol. The number of ether oxygens (including phenoxy) is 1. The molecule has 1 aliphatic rings. The van der Waals surface area contributed by atoms with Crippen molar-refractivity contribution >= 4 is 5.97 Å². The van der Waals surface area contributed by atoms with Crippen LogP contribution in [0.2, 0.25) is 0 Å². The molecule has 2 aromatic carbocycles. The summed E-state index contributed by atoms with van der Waals surface area (Å²) in [5, 5.41) is 26.1. The highest BCUT2D eigenvalue weighted by molar-refractivity contribution is 5.76. The molecule has 1 unspecified atom stereocenters. The topological polar surface area (TPSA) is 121 Å². The van der Waals surface area contributed by atoms with Gasteiger partial charge in [0, 0.05) is 23.7 Å². The average Bonchev–Trinajstić information content (AvgIpc) is 3.57. The van der Waals surface area contributed by atoms with Crippen LogP contribution in [0, 0.1) is 17.2 Å². The molecule has 1 heterocycles. The van der Waals surface area contributed by atoms with E-state index in [4.69, 9.17) is 14.4 Å². The number of esters is 1. The molecule has 192 valence electrons. The minimum absolute atomic E-state index is 0.0971. The Morgan fingerprint density at radius 2 is 2.00 bits per heavy atom. The monoisotopic (exact) mass is 492 g/mol. The van der Waals surface area contributed by atoms with E-state index in [-0.39, 0.29) is 35.8 Å². The lowest BCUT2D eigenvalue weighted by molar-refractivity contribution is -0.137. The van der Waals surface area contributed by atoms with Gasteiger partial charge in [-0.3, -0.25) is 4.79 Å². The van der Waals surface area contributed by atoms with Gasteiger partial charge >= 0.3 is 5.97 Å². The largest absolute Gasteiger partial charge is 0.425 e. The fraction of sp³-hybridized carbons (Fsp3) is 0.429. The van der Waals surface area contributed by atoms with Gasteiger partial charge in [0.2, 0.25) is 5.82 Å². The summed E-state index contributed by atoms with van der Waals surface area (Å²) in [4.78, 5) is 16.4. The van der Waals surface area contributed by atoms with E-state index in [0.717, 1.165) is 18.4 Å². The van der Waals surface area contributed by atoms with Crippen LogP contribution in [0.3, 0.4) is 0 Å². The quantitative estimate of drug-likeness (QED) is 0.329. The van der Waals surface area contributed by atoms with E-state index in [1.807, 2.05) is 39.8 Å². The maximum Gasteiger partial charge on any atom is 0.313 e. The van der Waals surface area contributed by atoms with E-state index in [1.165, 1.54) is 11.1 Å². The molecule has 1 aromatic heterocycles. The molecule has 3 aromatic rings. The predicted molar refractivity (Wildman–Crippen MR) is 139 cm³/mol. The van der Waals surface area contributed by atoms with Gasteiger partial charge in [0.05, 0.1) is 18.1 Å². The SMILES string of the molecule is CC.CC.CC(C)C(=O)Oc1ccc(-c2nc(-c3cccc4c3CCC4NCCO)no2)cc1C#N. The lowest BCUT2D eigenvalue weighted by atomic mass is 10.0. The van der Waals surface area contributed by atoms with Crippen molar-refractivity contribution in [3.8, 4) is 34.7 Å². The zero-order valence-corrected chi connectivity index (χ0v) is 22.0. The summed E-state index contributed by atoms with van der Waals surface area (Å²) in [6.07, 6.45) is 1.83. The molecule has 2 N–H and O–H groups in total. The van der Waals surface area contributed by atoms with Gasteiger partial charge in [-0.2, -0.15) is 10.2 Å². The van der Waals surface area contributed by atoms with Crippen LogP contribution in [0.15, 0.2) is 40.9 Å². The Morgan fingerprint density at radius 3 is 2.67 bits per heavy atom. The van der Waals surface area contributed by atoms with Crippen LogP contribution in [0.1, 0.15) is 70.7 Å². The van der Waals surface area contributed by atoms with E-state index >= 15 is 0 Å². The number of nitriles is 1. The smallest absolute Gasteiger partial charge is 0.313 e. The second-order valence-corrected chi connectivity index (χ2v) is 7.96. The third-order valence-electron chi connectivity index (χ3n) is 5.47. The number of nitrogens with one attached hydrogen (secondary N) is 1. The van der Waals surface area contributed by atoms with Crippen molar-refractivity contribution < 1.29 is 19.2 Å². The fourth-order valence-electron chi connectivity index (χ4n) is 3.83. The summed E-state index contributed by atoms with van der Waals surface area (Å²) in [6.45, 7) is 12.1. The number of carbonyl (C=O) groups excluding carboxylic acids is 1. The molecule has 1 atom stereocenters. The van der Waals surface area contributed by atoms with Crippen molar-refractivity contribution in [1.82, 2.24) is 15.5 Å². The molecule has 0 saturated heterocycles. The van der Waals surface area contributed by atoms with E-state index in [0.29, 0.717) is 17.9 Å². The van der Waals surface area contributed by atoms with Gasteiger partial charge in [-0.1, -0.05) is 64.9 Å². The molecule has 0 saturated carbocycles. The summed E-state index contributed by atoms with van der Waals surface area (Å²) in [5.41, 5.74) is 4.05. The Labute approximate surface area is 213 Å². The van der Waals surface area contributed by atoms with Crippen molar-refractivity contribution in [2.45, 2.75) is 60.4 Å². The number of aliphatic hydroxyl groups excluding tert-OH is 1. The molecule has 8 nitrogen and oxygen atoms in total. The predicted octanol–water partition coefficient (Wildman–Crippen LogP) is 5.46. The van der Waals surface area contributed by atoms with Crippen LogP contribution >= 0.6 is 0 Å². The van der Waals surface area contributed by atoms with Crippen LogP contribution in [-0.4, -0.2) is 34.4 Å². The van der Waals surface area contributed by atoms with E-state index in [2.05, 4.69) is 27.6 Å². The molecule has 0 aliphatic heterocycles. The minimum Gasteiger partial charge on any atom is -0.425 e. The van der Waals surface area contributed by atoms with Gasteiger partial charge in [0.1, 0.15) is 11.8 Å². The summed E-state index contributed by atoms with van der Waals surface area (Å²) in [6, 6.07) is 13.1. The first kappa shape index (κ1) is 28.7. The normalized spacial score (nSPS) is 13.6. The highest BCUT2D eigenvalue weighted by atomic mass is 16.5. The maximum atomic E-state index is 11.9. The first-order valence-electron chi connectivity index (χ1n) is 12.6. The van der Waals surface area contributed by atoms with Crippen LogP contribution in [0.25, 0.3) is 22.8 Å². The summed E-state index contributed by atoms with van der Waals surface area (Å²) >= 11 is 0. The Balaban J connectivity index is 0.00000109. The highest BCUT2D eigenvalue weighted by Gasteiger charge is 2.26. The van der Waals surface area contributed by atoms with Crippen molar-refractivity contribution in [3.63, 3.8) is 0 Å². The molecule has 1 aliphatic carbocycles. The number of hydrogen-bond acceptors (Lipinski definition) is 8. The minimum atomic E-state index is -0.404. The van der Waals surface area contributed by atoms with Crippen molar-refractivity contribution in [3.05, 3.63) is 53.1 Å². The third kappa shape index (κ3) is 6.56. The number of nitrogens with zero attached hydrogens (tertiary/aromatic N) is 3. The zero-order chi connectivity index (χ0) is 26.7. The van der Waals surface area contributed by atoms with Gasteiger partial charge in [-0.25, -0.2) is 0 Å². The lowest BCUT2D eigenvalue weighted by Gasteiger charge is -2.13. The van der Waals surface area contributed by atoms with Crippen molar-refractivity contribution in [2.24, 2.45) is 5.92 Å². The van der Waals surface area contributed by atoms with Crippen LogP contribution in [-0.2, 0) is 11.2 Å². The Hall–Kier alpha value is -3.54. The summed E-state index contributed by atoms with van der Waals surface area (Å²) < 4.78 is 10.8. The number of fused-ring (bicyclic) bond motifs is 1. The van der Waals surface area contributed by atoms with Gasteiger partial charge in [-0.05, 0) is 42.2 Å². The maximum absolute atomic E-state index is 11.9. The standard InChI is InChI=1S/C24H24N4O4.2C2H6/c1-14(2)24(30)31-21-9-6-15(12-16(21)13-25)23-27-22(28-32-23)19-5-3-4-18-17(19)7-8-20(18)26-10-11-29;2*1-2/h3-6,9,12,14,20,26,29H,7-8,10-11H2,1-2H3;2*1-2H3. The number of benzene rings is 2. The number of aromatic nitrogens is 2. The summed E-state index contributed by atoms with van der Waals surface area (Å²) in [5.74, 6) is 0.263. The molecular weight excluding hydrogens is 456 g/mol. The van der Waals surface area contributed by atoms with E-state index in [9.17, 15) is 10.1 Å².